The lowest BCUT2D eigenvalue weighted by molar-refractivity contribution is 0.0935. The van der Waals surface area contributed by atoms with E-state index in [1.54, 1.807) is 30.3 Å². The number of nitrogens with one attached hydrogen (secondary N) is 1. The van der Waals surface area contributed by atoms with Gasteiger partial charge in [-0.2, -0.15) is 0 Å². The molecule has 2 amide bonds. The van der Waals surface area contributed by atoms with Gasteiger partial charge >= 0.3 is 0 Å². The van der Waals surface area contributed by atoms with Gasteiger partial charge in [0.1, 0.15) is 0 Å². The average Bonchev–Trinajstić information content (AvgIpc) is 3.00. The van der Waals surface area contributed by atoms with Gasteiger partial charge in [0.05, 0.1) is 27.6 Å². The number of nitrogens with zero attached hydrogens (tertiary/aromatic N) is 1. The number of aryl methyl sites for hydroxylation is 1. The number of sulfone groups is 1. The minimum atomic E-state index is -4.03. The van der Waals surface area contributed by atoms with Crippen molar-refractivity contribution in [1.82, 2.24) is 5.32 Å². The fourth-order valence-electron chi connectivity index (χ4n) is 4.73. The summed E-state index contributed by atoms with van der Waals surface area (Å²) >= 11 is 6.19. The molecule has 0 unspecified atom stereocenters. The van der Waals surface area contributed by atoms with Crippen LogP contribution in [0.15, 0.2) is 107 Å². The van der Waals surface area contributed by atoms with Gasteiger partial charge in [0.25, 0.3) is 11.8 Å². The molecule has 0 spiro atoms. The SMILES string of the molecule is C[C@@H](CCc1ccccc1)NC(=O)c1ccc2c(c1)N(Cc1cccc(Cl)c1)C(=O)c1ccccc1S2(=O)=O. The summed E-state index contributed by atoms with van der Waals surface area (Å²) in [6, 6.07) is 27.5. The molecule has 4 aromatic rings. The van der Waals surface area contributed by atoms with E-state index in [2.05, 4.69) is 5.32 Å². The zero-order valence-electron chi connectivity index (χ0n) is 21.3. The standard InChI is InChI=1S/C31H27ClN2O4S/c1-21(14-15-22-8-3-2-4-9-22)33-30(35)24-16-17-29-27(19-24)34(20-23-10-7-11-25(32)18-23)31(36)26-12-5-6-13-28(26)39(29,37)38/h2-13,16-19,21H,14-15,20H2,1H3,(H,33,35)/t21-/m0/s1. The van der Waals surface area contributed by atoms with Crippen molar-refractivity contribution in [2.45, 2.75) is 42.1 Å². The molecule has 0 saturated carbocycles. The Labute approximate surface area is 233 Å². The highest BCUT2D eigenvalue weighted by Crippen LogP contribution is 2.38. The van der Waals surface area contributed by atoms with Gasteiger partial charge in [0, 0.05) is 16.6 Å². The molecule has 0 radical (unpaired) electrons. The minimum Gasteiger partial charge on any atom is -0.350 e. The first-order valence-electron chi connectivity index (χ1n) is 12.6. The molecule has 0 bridgehead atoms. The van der Waals surface area contributed by atoms with Crippen molar-refractivity contribution >= 4 is 38.9 Å². The van der Waals surface area contributed by atoms with E-state index in [1.165, 1.54) is 40.8 Å². The van der Waals surface area contributed by atoms with E-state index in [1.807, 2.05) is 43.3 Å². The van der Waals surface area contributed by atoms with Gasteiger partial charge in [-0.3, -0.25) is 9.59 Å². The van der Waals surface area contributed by atoms with Crippen molar-refractivity contribution in [3.8, 4) is 0 Å². The van der Waals surface area contributed by atoms with E-state index in [0.717, 1.165) is 18.4 Å². The topological polar surface area (TPSA) is 83.6 Å². The van der Waals surface area contributed by atoms with Crippen molar-refractivity contribution in [3.63, 3.8) is 0 Å². The number of benzene rings is 4. The normalized spacial score (nSPS) is 14.6. The van der Waals surface area contributed by atoms with E-state index in [0.29, 0.717) is 5.02 Å². The number of hydrogen-bond donors (Lipinski definition) is 1. The molecule has 1 N–H and O–H groups in total. The number of amides is 2. The summed E-state index contributed by atoms with van der Waals surface area (Å²) in [4.78, 5) is 28.3. The Bertz CT molecular complexity index is 1650. The molecule has 1 aliphatic rings. The van der Waals surface area contributed by atoms with Gasteiger partial charge < -0.3 is 10.2 Å². The third-order valence-corrected chi connectivity index (χ3v) is 8.86. The first-order valence-corrected chi connectivity index (χ1v) is 14.5. The van der Waals surface area contributed by atoms with E-state index < -0.39 is 15.7 Å². The summed E-state index contributed by atoms with van der Waals surface area (Å²) in [7, 11) is -4.03. The summed E-state index contributed by atoms with van der Waals surface area (Å²) in [5.41, 5.74) is 2.41. The summed E-state index contributed by atoms with van der Waals surface area (Å²) in [6.45, 7) is 2.01. The molecule has 1 heterocycles. The molecule has 0 fully saturated rings. The minimum absolute atomic E-state index is 0.0310. The van der Waals surface area contributed by atoms with Gasteiger partial charge in [-0.15, -0.1) is 0 Å². The van der Waals surface area contributed by atoms with Crippen molar-refractivity contribution in [2.75, 3.05) is 4.90 Å². The Morgan fingerprint density at radius 2 is 1.59 bits per heavy atom. The molecule has 0 aromatic heterocycles. The summed E-state index contributed by atoms with van der Waals surface area (Å²) in [6.07, 6.45) is 1.55. The second-order valence-electron chi connectivity index (χ2n) is 9.60. The Kier molecular flexibility index (Phi) is 7.55. The molecule has 4 aromatic carbocycles. The fraction of sp³-hybridized carbons (Fsp3) is 0.161. The average molecular weight is 559 g/mol. The highest BCUT2D eigenvalue weighted by atomic mass is 35.5. The second-order valence-corrected chi connectivity index (χ2v) is 11.9. The Hall–Kier alpha value is -3.94. The molecular weight excluding hydrogens is 532 g/mol. The van der Waals surface area contributed by atoms with Crippen LogP contribution in [0.1, 0.15) is 45.2 Å². The monoisotopic (exact) mass is 558 g/mol. The largest absolute Gasteiger partial charge is 0.350 e. The molecule has 0 saturated heterocycles. The lowest BCUT2D eigenvalue weighted by Gasteiger charge is -2.24. The van der Waals surface area contributed by atoms with Gasteiger partial charge in [-0.05, 0) is 73.4 Å². The van der Waals surface area contributed by atoms with Crippen LogP contribution >= 0.6 is 11.6 Å². The molecule has 1 aliphatic heterocycles. The zero-order chi connectivity index (χ0) is 27.6. The second kappa shape index (κ2) is 11.0. The van der Waals surface area contributed by atoms with Gasteiger partial charge in [0.2, 0.25) is 9.84 Å². The number of hydrogen-bond acceptors (Lipinski definition) is 4. The number of fused-ring (bicyclic) bond motifs is 2. The number of carbonyl (C=O) groups excluding carboxylic acids is 2. The fourth-order valence-corrected chi connectivity index (χ4v) is 6.57. The number of carbonyl (C=O) groups is 2. The Morgan fingerprint density at radius 1 is 0.872 bits per heavy atom. The maximum Gasteiger partial charge on any atom is 0.259 e. The van der Waals surface area contributed by atoms with E-state index in [-0.39, 0.29) is 45.1 Å². The van der Waals surface area contributed by atoms with Crippen molar-refractivity contribution in [2.24, 2.45) is 0 Å². The van der Waals surface area contributed by atoms with E-state index in [4.69, 9.17) is 11.6 Å². The van der Waals surface area contributed by atoms with Gasteiger partial charge in [0.15, 0.2) is 0 Å². The molecular formula is C31H27ClN2O4S. The molecule has 8 heteroatoms. The van der Waals surface area contributed by atoms with Crippen molar-refractivity contribution in [3.05, 3.63) is 124 Å². The van der Waals surface area contributed by atoms with Gasteiger partial charge in [-0.1, -0.05) is 66.2 Å². The van der Waals surface area contributed by atoms with Crippen LogP contribution in [-0.4, -0.2) is 26.3 Å². The van der Waals surface area contributed by atoms with Crippen LogP contribution in [0.4, 0.5) is 5.69 Å². The Balaban J connectivity index is 1.50. The summed E-state index contributed by atoms with van der Waals surface area (Å²) in [5, 5.41) is 3.50. The van der Waals surface area contributed by atoms with Crippen LogP contribution in [-0.2, 0) is 22.8 Å². The van der Waals surface area contributed by atoms with Crippen LogP contribution in [0.2, 0.25) is 5.02 Å². The zero-order valence-corrected chi connectivity index (χ0v) is 22.9. The van der Waals surface area contributed by atoms with Crippen molar-refractivity contribution in [1.29, 1.82) is 0 Å². The quantitative estimate of drug-likeness (QED) is 0.298. The van der Waals surface area contributed by atoms with Crippen LogP contribution in [0.25, 0.3) is 0 Å². The molecule has 1 atom stereocenters. The molecule has 198 valence electrons. The van der Waals surface area contributed by atoms with E-state index in [9.17, 15) is 18.0 Å². The van der Waals surface area contributed by atoms with Crippen LogP contribution in [0.3, 0.4) is 0 Å². The first kappa shape index (κ1) is 26.7. The predicted octanol–water partition coefficient (Wildman–Crippen LogP) is 6.08. The van der Waals surface area contributed by atoms with Gasteiger partial charge in [-0.25, -0.2) is 8.42 Å². The number of rotatable bonds is 7. The number of anilines is 1. The lowest BCUT2D eigenvalue weighted by Crippen LogP contribution is -2.34. The molecule has 6 nitrogen and oxygen atoms in total. The number of halogens is 1. The van der Waals surface area contributed by atoms with Crippen LogP contribution in [0, 0.1) is 0 Å². The molecule has 0 aliphatic carbocycles. The summed E-state index contributed by atoms with van der Waals surface area (Å²) < 4.78 is 27.4. The highest BCUT2D eigenvalue weighted by molar-refractivity contribution is 7.91. The summed E-state index contributed by atoms with van der Waals surface area (Å²) in [5.74, 6) is -0.811. The molecule has 5 rings (SSSR count). The van der Waals surface area contributed by atoms with Crippen LogP contribution < -0.4 is 10.2 Å². The maximum atomic E-state index is 13.8. The smallest absolute Gasteiger partial charge is 0.259 e. The predicted molar refractivity (Wildman–Crippen MR) is 152 cm³/mol. The first-order chi connectivity index (χ1) is 18.7. The third kappa shape index (κ3) is 5.60. The van der Waals surface area contributed by atoms with Crippen LogP contribution in [0.5, 0.6) is 0 Å². The Morgan fingerprint density at radius 3 is 2.36 bits per heavy atom. The maximum absolute atomic E-state index is 13.8. The highest BCUT2D eigenvalue weighted by Gasteiger charge is 2.36. The lowest BCUT2D eigenvalue weighted by atomic mass is 10.1. The third-order valence-electron chi connectivity index (χ3n) is 6.77. The molecule has 39 heavy (non-hydrogen) atoms. The van der Waals surface area contributed by atoms with Crippen molar-refractivity contribution < 1.29 is 18.0 Å². The van der Waals surface area contributed by atoms with E-state index >= 15 is 0 Å².